The Hall–Kier alpha value is -0.320. The highest BCUT2D eigenvalue weighted by atomic mass is 16.7. The summed E-state index contributed by atoms with van der Waals surface area (Å²) in [5.41, 5.74) is -0.455. The van der Waals surface area contributed by atoms with Crippen LogP contribution in [0.1, 0.15) is 174 Å². The molecule has 1 aliphatic carbocycles. The summed E-state index contributed by atoms with van der Waals surface area (Å²) in [6.45, 7) is 10.5. The fourth-order valence-electron chi connectivity index (χ4n) is 8.55. The molecule has 0 aromatic rings. The van der Waals surface area contributed by atoms with Gasteiger partial charge in [-0.25, -0.2) is 0 Å². The Morgan fingerprint density at radius 2 is 0.849 bits per heavy atom. The zero-order valence-corrected chi connectivity index (χ0v) is 36.3. The number of aliphatic hydroxyl groups is 2. The van der Waals surface area contributed by atoms with Gasteiger partial charge in [0.25, 0.3) is 0 Å². The number of ether oxygens (including phenoxy) is 4. The largest absolute Gasteiger partial charge is 0.385 e. The molecule has 2 aliphatic rings. The number of hydrogen-bond donors (Lipinski definition) is 2. The molecule has 53 heavy (non-hydrogen) atoms. The fourth-order valence-corrected chi connectivity index (χ4v) is 8.55. The minimum absolute atomic E-state index is 0.292. The van der Waals surface area contributed by atoms with Gasteiger partial charge in [0.15, 0.2) is 5.79 Å². The molecule has 0 aromatic carbocycles. The van der Waals surface area contributed by atoms with Gasteiger partial charge in [0.2, 0.25) is 0 Å². The van der Waals surface area contributed by atoms with E-state index in [0.29, 0.717) is 52.7 Å². The number of quaternary nitrogens is 2. The van der Waals surface area contributed by atoms with Gasteiger partial charge in [0, 0.05) is 12.8 Å². The molecule has 0 aromatic heterocycles. The zero-order chi connectivity index (χ0) is 38.7. The summed E-state index contributed by atoms with van der Waals surface area (Å²) >= 11 is 0. The average molecular weight is 757 g/mol. The van der Waals surface area contributed by atoms with E-state index in [2.05, 4.69) is 42.0 Å². The van der Waals surface area contributed by atoms with Crippen LogP contribution in [0.3, 0.4) is 0 Å². The molecule has 8 heteroatoms. The van der Waals surface area contributed by atoms with Crippen molar-refractivity contribution in [2.45, 2.75) is 192 Å². The highest BCUT2D eigenvalue weighted by molar-refractivity contribution is 4.88. The van der Waals surface area contributed by atoms with E-state index in [0.717, 1.165) is 47.7 Å². The van der Waals surface area contributed by atoms with Gasteiger partial charge < -0.3 is 38.1 Å². The van der Waals surface area contributed by atoms with E-state index in [9.17, 15) is 10.2 Å². The summed E-state index contributed by atoms with van der Waals surface area (Å²) in [6.07, 6.45) is 31.2. The van der Waals surface area contributed by atoms with E-state index >= 15 is 0 Å². The van der Waals surface area contributed by atoms with E-state index in [1.165, 1.54) is 135 Å². The van der Waals surface area contributed by atoms with E-state index in [1.807, 2.05) is 0 Å². The molecule has 2 N–H and O–H groups in total. The van der Waals surface area contributed by atoms with Crippen molar-refractivity contribution in [2.24, 2.45) is 5.41 Å². The molecule has 1 heterocycles. The Morgan fingerprint density at radius 1 is 0.509 bits per heavy atom. The molecule has 1 spiro atoms. The number of rotatable bonds is 34. The van der Waals surface area contributed by atoms with Crippen molar-refractivity contribution in [3.05, 3.63) is 0 Å². The van der Waals surface area contributed by atoms with Gasteiger partial charge in [0.1, 0.15) is 25.3 Å². The predicted molar refractivity (Wildman–Crippen MR) is 221 cm³/mol. The lowest BCUT2D eigenvalue weighted by Crippen LogP contribution is -2.55. The van der Waals surface area contributed by atoms with Crippen LogP contribution in [0, 0.1) is 5.41 Å². The molecule has 2 rings (SSSR count). The van der Waals surface area contributed by atoms with Crippen LogP contribution in [0.4, 0.5) is 0 Å². The maximum Gasteiger partial charge on any atom is 0.168 e. The first-order valence-corrected chi connectivity index (χ1v) is 22.9. The third-order valence-corrected chi connectivity index (χ3v) is 12.0. The van der Waals surface area contributed by atoms with Crippen LogP contribution in [0.5, 0.6) is 0 Å². The minimum atomic E-state index is -0.529. The van der Waals surface area contributed by atoms with Crippen LogP contribution < -0.4 is 0 Å². The second-order valence-electron chi connectivity index (χ2n) is 18.9. The van der Waals surface area contributed by atoms with Crippen LogP contribution in [-0.4, -0.2) is 131 Å². The molecule has 1 aliphatic heterocycles. The highest BCUT2D eigenvalue weighted by Gasteiger charge is 2.46. The van der Waals surface area contributed by atoms with E-state index in [1.54, 1.807) is 0 Å². The lowest BCUT2D eigenvalue weighted by Gasteiger charge is -2.47. The third kappa shape index (κ3) is 23.5. The zero-order valence-electron chi connectivity index (χ0n) is 36.3. The van der Waals surface area contributed by atoms with Crippen molar-refractivity contribution in [3.8, 4) is 0 Å². The number of nitrogens with zero attached hydrogens (tertiary/aromatic N) is 2. The Balaban J connectivity index is 1.71. The van der Waals surface area contributed by atoms with Crippen molar-refractivity contribution in [3.63, 3.8) is 0 Å². The van der Waals surface area contributed by atoms with E-state index in [4.69, 9.17) is 18.9 Å². The molecular formula is C45H92N2O6+2. The molecule has 0 bridgehead atoms. The molecule has 1 saturated carbocycles. The van der Waals surface area contributed by atoms with Crippen LogP contribution in [-0.2, 0) is 18.9 Å². The monoisotopic (exact) mass is 757 g/mol. The summed E-state index contributed by atoms with van der Waals surface area (Å²) in [7, 11) is 8.89. The molecule has 0 radical (unpaired) electrons. The Labute approximate surface area is 329 Å². The van der Waals surface area contributed by atoms with Gasteiger partial charge in [-0.3, -0.25) is 0 Å². The topological polar surface area (TPSA) is 77.4 Å². The van der Waals surface area contributed by atoms with Crippen molar-refractivity contribution in [1.29, 1.82) is 0 Å². The number of likely N-dealkylation sites (N-methyl/N-ethyl adjacent to an activating group) is 2. The molecule has 2 atom stereocenters. The van der Waals surface area contributed by atoms with Gasteiger partial charge in [-0.15, -0.1) is 0 Å². The molecule has 316 valence electrons. The van der Waals surface area contributed by atoms with Crippen molar-refractivity contribution >= 4 is 0 Å². The third-order valence-electron chi connectivity index (χ3n) is 12.0. The minimum Gasteiger partial charge on any atom is -0.385 e. The maximum atomic E-state index is 11.0. The molecule has 2 unspecified atom stereocenters. The molecule has 8 nitrogen and oxygen atoms in total. The van der Waals surface area contributed by atoms with Gasteiger partial charge >= 0.3 is 0 Å². The summed E-state index contributed by atoms with van der Waals surface area (Å²) in [5, 5.41) is 22.0. The summed E-state index contributed by atoms with van der Waals surface area (Å²) in [5.74, 6) is -0.465. The van der Waals surface area contributed by atoms with Crippen LogP contribution >= 0.6 is 0 Å². The molecule has 0 amide bonds. The average Bonchev–Trinajstić information content (AvgIpc) is 3.11. The number of hydrogen-bond acceptors (Lipinski definition) is 6. The van der Waals surface area contributed by atoms with Gasteiger partial charge in [-0.05, 0) is 38.5 Å². The Kier molecular flexibility index (Phi) is 25.9. The Morgan fingerprint density at radius 3 is 1.21 bits per heavy atom. The quantitative estimate of drug-likeness (QED) is 0.0504. The second-order valence-corrected chi connectivity index (χ2v) is 18.9. The SMILES string of the molecule is CCCCCCCCCCCC[N+](C)(C)CC(O)COCC1(COCC(O)C[N+](C)(C)CCCCCCCCCCCC)COC2(CCCCC2)OC1. The lowest BCUT2D eigenvalue weighted by molar-refractivity contribution is -0.893. The lowest BCUT2D eigenvalue weighted by atomic mass is 9.87. The van der Waals surface area contributed by atoms with Crippen LogP contribution in [0.25, 0.3) is 0 Å². The highest BCUT2D eigenvalue weighted by Crippen LogP contribution is 2.40. The summed E-state index contributed by atoms with van der Waals surface area (Å²) < 4.78 is 27.1. The van der Waals surface area contributed by atoms with Gasteiger partial charge in [0.05, 0.1) is 86.3 Å². The molecular weight excluding hydrogens is 665 g/mol. The summed E-state index contributed by atoms with van der Waals surface area (Å²) in [6, 6.07) is 0. The Bertz CT molecular complexity index is 802. The predicted octanol–water partition coefficient (Wildman–Crippen LogP) is 9.43. The normalized spacial score (nSPS) is 18.8. The van der Waals surface area contributed by atoms with E-state index < -0.39 is 23.4 Å². The maximum absolute atomic E-state index is 11.0. The fraction of sp³-hybridized carbons (Fsp3) is 1.00. The first-order valence-electron chi connectivity index (χ1n) is 22.9. The molecule has 1 saturated heterocycles. The first kappa shape index (κ1) is 48.8. The van der Waals surface area contributed by atoms with Crippen LogP contribution in [0.2, 0.25) is 0 Å². The smallest absolute Gasteiger partial charge is 0.168 e. The van der Waals surface area contributed by atoms with Crippen molar-refractivity contribution in [1.82, 2.24) is 0 Å². The van der Waals surface area contributed by atoms with Crippen molar-refractivity contribution in [2.75, 3.05) is 94.0 Å². The van der Waals surface area contributed by atoms with Crippen molar-refractivity contribution < 1.29 is 38.1 Å². The van der Waals surface area contributed by atoms with Crippen LogP contribution in [0.15, 0.2) is 0 Å². The molecule has 2 fully saturated rings. The van der Waals surface area contributed by atoms with Gasteiger partial charge in [-0.2, -0.15) is 0 Å². The first-order chi connectivity index (χ1) is 25.4. The summed E-state index contributed by atoms with van der Waals surface area (Å²) in [4.78, 5) is 0. The number of aliphatic hydroxyl groups excluding tert-OH is 2. The van der Waals surface area contributed by atoms with E-state index in [-0.39, 0.29) is 0 Å². The second kappa shape index (κ2) is 28.1. The van der Waals surface area contributed by atoms with Gasteiger partial charge in [-0.1, -0.05) is 123 Å². The standard InChI is InChI=1S/C45H92N2O6/c1-7-9-11-13-15-17-19-21-23-28-32-46(3,4)34-42(48)36-50-38-44(40-52-45(53-41-44)30-26-25-27-31-45)39-51-37-43(49)35-47(5,6)33-29-24-22-20-18-16-14-12-10-8-2/h42-43,48-49H,7-41H2,1-6H3/q+2. The number of unbranched alkanes of at least 4 members (excludes halogenated alkanes) is 18.